The number of fused-ring (bicyclic) bond motifs is 2. The average Bonchev–Trinajstić information content (AvgIpc) is 3.51. The molecule has 1 aromatic carbocycles. The molecule has 0 saturated heterocycles. The standard InChI is InChI=1S/C28H31N5O4S2/c1-15(13-33(5)27(36)37-28(2,3)4)30-24(35)20-14-38-25-19(20)10-18(12-29-25)17-8-9-21-22(11-17)39-26(31-21)32-23(34)16-6-7-16/h8-12,14-16H,6-7,13H2,1-5H3,(H,30,35)(H,31,32,34). The van der Waals surface area contributed by atoms with Gasteiger partial charge >= 0.3 is 6.09 Å². The quantitative estimate of drug-likeness (QED) is 0.288. The van der Waals surface area contributed by atoms with Crippen molar-refractivity contribution in [1.29, 1.82) is 0 Å². The van der Waals surface area contributed by atoms with Gasteiger partial charge in [0.25, 0.3) is 5.91 Å². The van der Waals surface area contributed by atoms with Crippen molar-refractivity contribution in [3.63, 3.8) is 0 Å². The van der Waals surface area contributed by atoms with E-state index in [1.54, 1.807) is 13.2 Å². The van der Waals surface area contributed by atoms with Crippen LogP contribution in [-0.4, -0.2) is 58.0 Å². The number of rotatable bonds is 7. The maximum Gasteiger partial charge on any atom is 0.410 e. The predicted octanol–water partition coefficient (Wildman–Crippen LogP) is 5.91. The monoisotopic (exact) mass is 565 g/mol. The zero-order chi connectivity index (χ0) is 27.9. The van der Waals surface area contributed by atoms with Crippen molar-refractivity contribution in [1.82, 2.24) is 20.2 Å². The number of amides is 3. The largest absolute Gasteiger partial charge is 0.444 e. The smallest absolute Gasteiger partial charge is 0.410 e. The van der Waals surface area contributed by atoms with E-state index in [0.717, 1.165) is 44.4 Å². The second-order valence-corrected chi connectivity index (χ2v) is 12.8. The molecule has 3 amide bonds. The summed E-state index contributed by atoms with van der Waals surface area (Å²) >= 11 is 2.86. The van der Waals surface area contributed by atoms with Crippen molar-refractivity contribution < 1.29 is 19.1 Å². The summed E-state index contributed by atoms with van der Waals surface area (Å²) in [7, 11) is 1.65. The van der Waals surface area contributed by atoms with E-state index < -0.39 is 11.7 Å². The Hall–Kier alpha value is -3.57. The average molecular weight is 566 g/mol. The number of nitrogens with one attached hydrogen (secondary N) is 2. The molecule has 1 aliphatic rings. The summed E-state index contributed by atoms with van der Waals surface area (Å²) in [5.74, 6) is -0.0616. The maximum absolute atomic E-state index is 13.2. The molecule has 0 bridgehead atoms. The van der Waals surface area contributed by atoms with Crippen molar-refractivity contribution in [3.05, 3.63) is 41.4 Å². The van der Waals surface area contributed by atoms with Crippen LogP contribution in [0.25, 0.3) is 31.6 Å². The van der Waals surface area contributed by atoms with Crippen LogP contribution in [-0.2, 0) is 9.53 Å². The molecule has 204 valence electrons. The van der Waals surface area contributed by atoms with E-state index in [-0.39, 0.29) is 23.8 Å². The Bertz CT molecular complexity index is 1570. The number of thiophene rings is 1. The third-order valence-corrected chi connectivity index (χ3v) is 8.04. The molecule has 9 nitrogen and oxygen atoms in total. The molecule has 1 aliphatic carbocycles. The van der Waals surface area contributed by atoms with Gasteiger partial charge in [-0.2, -0.15) is 0 Å². The van der Waals surface area contributed by atoms with Gasteiger partial charge in [-0.3, -0.25) is 9.59 Å². The van der Waals surface area contributed by atoms with Crippen molar-refractivity contribution in [2.45, 2.75) is 52.2 Å². The number of likely N-dealkylation sites (N-methyl/N-ethyl adjacent to an activating group) is 1. The zero-order valence-electron chi connectivity index (χ0n) is 22.5. The number of carbonyl (C=O) groups excluding carboxylic acids is 3. The van der Waals surface area contributed by atoms with Crippen molar-refractivity contribution in [3.8, 4) is 11.1 Å². The van der Waals surface area contributed by atoms with E-state index in [2.05, 4.69) is 20.6 Å². The second kappa shape index (κ2) is 10.5. The number of hydrogen-bond acceptors (Lipinski definition) is 8. The molecule has 4 aromatic rings. The van der Waals surface area contributed by atoms with Crippen LogP contribution in [0.1, 0.15) is 50.9 Å². The number of carbonyl (C=O) groups is 3. The third kappa shape index (κ3) is 6.36. The van der Waals surface area contributed by atoms with Gasteiger partial charge in [-0.05, 0) is 64.3 Å². The number of pyridine rings is 1. The van der Waals surface area contributed by atoms with Crippen LogP contribution in [0.15, 0.2) is 35.8 Å². The lowest BCUT2D eigenvalue weighted by Gasteiger charge is -2.26. The van der Waals surface area contributed by atoms with Gasteiger partial charge in [0.15, 0.2) is 5.13 Å². The number of nitrogens with zero attached hydrogens (tertiary/aromatic N) is 3. The molecule has 0 spiro atoms. The summed E-state index contributed by atoms with van der Waals surface area (Å²) in [6.45, 7) is 7.61. The fraction of sp³-hybridized carbons (Fsp3) is 0.393. The summed E-state index contributed by atoms with van der Waals surface area (Å²) in [5, 5.41) is 9.09. The topological polar surface area (TPSA) is 114 Å². The van der Waals surface area contributed by atoms with Crippen LogP contribution in [0.5, 0.6) is 0 Å². The first-order valence-electron chi connectivity index (χ1n) is 12.8. The highest BCUT2D eigenvalue weighted by Crippen LogP contribution is 2.35. The van der Waals surface area contributed by atoms with Gasteiger partial charge in [0.2, 0.25) is 5.91 Å². The Kier molecular flexibility index (Phi) is 7.30. The van der Waals surface area contributed by atoms with Crippen molar-refractivity contribution in [2.75, 3.05) is 18.9 Å². The van der Waals surface area contributed by atoms with Crippen LogP contribution in [0.2, 0.25) is 0 Å². The van der Waals surface area contributed by atoms with Gasteiger partial charge < -0.3 is 20.3 Å². The van der Waals surface area contributed by atoms with E-state index in [1.165, 1.54) is 27.6 Å². The highest BCUT2D eigenvalue weighted by atomic mass is 32.1. The highest BCUT2D eigenvalue weighted by Gasteiger charge is 2.30. The molecular formula is C28H31N5O4S2. The van der Waals surface area contributed by atoms with Crippen LogP contribution in [0.4, 0.5) is 9.93 Å². The van der Waals surface area contributed by atoms with Gasteiger partial charge in [0.1, 0.15) is 10.4 Å². The van der Waals surface area contributed by atoms with Crippen LogP contribution in [0, 0.1) is 5.92 Å². The van der Waals surface area contributed by atoms with E-state index in [4.69, 9.17) is 4.74 Å². The van der Waals surface area contributed by atoms with E-state index in [9.17, 15) is 14.4 Å². The van der Waals surface area contributed by atoms with Crippen molar-refractivity contribution >= 4 is 66.1 Å². The second-order valence-electron chi connectivity index (χ2n) is 10.9. The molecule has 3 heterocycles. The minimum Gasteiger partial charge on any atom is -0.444 e. The SMILES string of the molecule is CC(CN(C)C(=O)OC(C)(C)C)NC(=O)c1csc2ncc(-c3ccc4nc(NC(=O)C5CC5)sc4c3)cc12. The van der Waals surface area contributed by atoms with Crippen LogP contribution in [0.3, 0.4) is 0 Å². The lowest BCUT2D eigenvalue weighted by atomic mass is 10.1. The van der Waals surface area contributed by atoms with Gasteiger partial charge in [-0.25, -0.2) is 14.8 Å². The number of hydrogen-bond donors (Lipinski definition) is 2. The minimum absolute atomic E-state index is 0.0398. The summed E-state index contributed by atoms with van der Waals surface area (Å²) in [6.07, 6.45) is 3.26. The molecule has 1 fully saturated rings. The third-order valence-electron chi connectivity index (χ3n) is 6.20. The molecule has 0 aliphatic heterocycles. The van der Waals surface area contributed by atoms with E-state index in [1.807, 2.05) is 57.3 Å². The number of thiazole rings is 1. The number of ether oxygens (including phenoxy) is 1. The van der Waals surface area contributed by atoms with Gasteiger partial charge in [-0.15, -0.1) is 11.3 Å². The van der Waals surface area contributed by atoms with Gasteiger partial charge in [0, 0.05) is 48.1 Å². The van der Waals surface area contributed by atoms with Crippen LogP contribution < -0.4 is 10.6 Å². The number of benzene rings is 1. The minimum atomic E-state index is -0.586. The number of anilines is 1. The molecule has 39 heavy (non-hydrogen) atoms. The Balaban J connectivity index is 1.31. The summed E-state index contributed by atoms with van der Waals surface area (Å²) < 4.78 is 6.36. The fourth-order valence-electron chi connectivity index (χ4n) is 4.13. The number of aromatic nitrogens is 2. The molecule has 1 unspecified atom stereocenters. The molecule has 2 N–H and O–H groups in total. The summed E-state index contributed by atoms with van der Waals surface area (Å²) in [5.41, 5.74) is 2.61. The molecule has 3 aromatic heterocycles. The lowest BCUT2D eigenvalue weighted by Crippen LogP contribution is -2.44. The zero-order valence-corrected chi connectivity index (χ0v) is 24.2. The molecule has 11 heteroatoms. The Morgan fingerprint density at radius 3 is 2.67 bits per heavy atom. The lowest BCUT2D eigenvalue weighted by molar-refractivity contribution is -0.117. The maximum atomic E-state index is 13.2. The molecule has 5 rings (SSSR count). The highest BCUT2D eigenvalue weighted by molar-refractivity contribution is 7.22. The first kappa shape index (κ1) is 27.0. The Morgan fingerprint density at radius 1 is 1.18 bits per heavy atom. The summed E-state index contributed by atoms with van der Waals surface area (Å²) in [6, 6.07) is 7.62. The molecule has 1 atom stereocenters. The predicted molar refractivity (Wildman–Crippen MR) is 155 cm³/mol. The molecular weight excluding hydrogens is 534 g/mol. The summed E-state index contributed by atoms with van der Waals surface area (Å²) in [4.78, 5) is 48.9. The molecule has 1 saturated carbocycles. The first-order chi connectivity index (χ1) is 18.5. The Labute approximate surface area is 234 Å². The first-order valence-corrected chi connectivity index (χ1v) is 14.5. The normalized spacial score (nSPS) is 14.3. The fourth-order valence-corrected chi connectivity index (χ4v) is 5.91. The van der Waals surface area contributed by atoms with E-state index in [0.29, 0.717) is 17.2 Å². The van der Waals surface area contributed by atoms with Crippen molar-refractivity contribution in [2.24, 2.45) is 5.92 Å². The Morgan fingerprint density at radius 2 is 1.95 bits per heavy atom. The molecule has 0 radical (unpaired) electrons. The van der Waals surface area contributed by atoms with Gasteiger partial charge in [0.05, 0.1) is 15.8 Å². The van der Waals surface area contributed by atoms with E-state index >= 15 is 0 Å². The van der Waals surface area contributed by atoms with Gasteiger partial charge in [-0.1, -0.05) is 17.4 Å². The van der Waals surface area contributed by atoms with Crippen LogP contribution >= 0.6 is 22.7 Å².